The van der Waals surface area contributed by atoms with Crippen molar-refractivity contribution in [2.75, 3.05) is 33.0 Å². The van der Waals surface area contributed by atoms with E-state index in [0.29, 0.717) is 12.0 Å². The Morgan fingerprint density at radius 1 is 1.17 bits per heavy atom. The molecule has 0 amide bonds. The van der Waals surface area contributed by atoms with Gasteiger partial charge in [-0.2, -0.15) is 13.2 Å². The lowest BCUT2D eigenvalue weighted by Gasteiger charge is -2.34. The summed E-state index contributed by atoms with van der Waals surface area (Å²) in [5, 5.41) is 7.12. The lowest BCUT2D eigenvalue weighted by Crippen LogP contribution is -2.41. The minimum atomic E-state index is -5.08. The van der Waals surface area contributed by atoms with Crippen LogP contribution in [-0.4, -0.2) is 65.7 Å². The Bertz CT molecular complexity index is 669. The minimum absolute atomic E-state index is 0.695. The lowest BCUT2D eigenvalue weighted by atomic mass is 10.0. The van der Waals surface area contributed by atoms with Gasteiger partial charge in [0.1, 0.15) is 0 Å². The van der Waals surface area contributed by atoms with Crippen LogP contribution < -0.4 is 0 Å². The normalized spacial score (nSPS) is 23.2. The number of fused-ring (bicyclic) bond motifs is 1. The Hall–Kier alpha value is -1.58. The van der Waals surface area contributed by atoms with E-state index >= 15 is 0 Å². The first-order valence-corrected chi connectivity index (χ1v) is 10.7. The highest BCUT2D eigenvalue weighted by atomic mass is 19.4. The number of hydrogen-bond donors (Lipinski definition) is 1. The van der Waals surface area contributed by atoms with Gasteiger partial charge in [-0.1, -0.05) is 0 Å². The monoisotopic (exact) mass is 432 g/mol. The second-order valence-electron chi connectivity index (χ2n) is 8.40. The lowest BCUT2D eigenvalue weighted by molar-refractivity contribution is -0.192. The van der Waals surface area contributed by atoms with Gasteiger partial charge in [-0.25, -0.2) is 4.79 Å². The summed E-state index contributed by atoms with van der Waals surface area (Å²) in [7, 11) is 0. The Morgan fingerprint density at radius 2 is 1.87 bits per heavy atom. The van der Waals surface area contributed by atoms with Crippen LogP contribution >= 0.6 is 0 Å². The average Bonchev–Trinajstić information content (AvgIpc) is 3.47. The van der Waals surface area contributed by atoms with Crippen molar-refractivity contribution in [2.45, 2.75) is 57.4 Å². The van der Waals surface area contributed by atoms with Gasteiger partial charge in [0.05, 0.1) is 0 Å². The summed E-state index contributed by atoms with van der Waals surface area (Å²) in [6, 6.07) is 5.18. The molecule has 9 heteroatoms. The maximum atomic E-state index is 10.6. The van der Waals surface area contributed by atoms with Crippen molar-refractivity contribution < 1.29 is 32.5 Å². The summed E-state index contributed by atoms with van der Waals surface area (Å²) < 4.78 is 45.7. The maximum Gasteiger partial charge on any atom is 0.490 e. The molecule has 1 unspecified atom stereocenters. The topological polar surface area (TPSA) is 63.9 Å². The quantitative estimate of drug-likeness (QED) is 0.697. The van der Waals surface area contributed by atoms with Crippen LogP contribution in [-0.2, 0) is 27.4 Å². The summed E-state index contributed by atoms with van der Waals surface area (Å²) >= 11 is 0. The molecule has 1 aliphatic carbocycles. The molecule has 170 valence electrons. The molecule has 0 bridgehead atoms. The number of ether oxygens (including phenoxy) is 2. The molecule has 0 radical (unpaired) electrons. The van der Waals surface area contributed by atoms with Crippen LogP contribution in [0.2, 0.25) is 0 Å². The van der Waals surface area contributed by atoms with Gasteiger partial charge in [0, 0.05) is 64.0 Å². The van der Waals surface area contributed by atoms with E-state index in [1.54, 1.807) is 0 Å². The number of carboxylic acid groups (broad SMARTS) is 1. The highest BCUT2D eigenvalue weighted by molar-refractivity contribution is 5.73. The zero-order valence-electron chi connectivity index (χ0n) is 17.1. The van der Waals surface area contributed by atoms with Gasteiger partial charge in [0.2, 0.25) is 0 Å². The number of halogens is 3. The first-order valence-electron chi connectivity index (χ1n) is 10.7. The van der Waals surface area contributed by atoms with Crippen LogP contribution in [0.1, 0.15) is 37.8 Å². The maximum absolute atomic E-state index is 10.6. The molecule has 1 aromatic rings. The zero-order chi connectivity index (χ0) is 21.6. The molecule has 30 heavy (non-hydrogen) atoms. The Kier molecular flexibility index (Phi) is 8.19. The number of nitrogens with zero attached hydrogens (tertiary/aromatic N) is 2. The smallest absolute Gasteiger partial charge is 0.475 e. The molecule has 2 fully saturated rings. The van der Waals surface area contributed by atoms with Gasteiger partial charge < -0.3 is 19.1 Å². The molecule has 1 atom stereocenters. The summed E-state index contributed by atoms with van der Waals surface area (Å²) in [5.41, 5.74) is 1.47. The first kappa shape index (κ1) is 23.1. The van der Waals surface area contributed by atoms with Gasteiger partial charge in [0.15, 0.2) is 0 Å². The number of hydrogen-bond acceptors (Lipinski definition) is 4. The first-order chi connectivity index (χ1) is 14.3. The van der Waals surface area contributed by atoms with E-state index in [9.17, 15) is 13.2 Å². The fraction of sp³-hybridized carbons (Fsp3) is 0.762. The Labute approximate surface area is 174 Å². The molecule has 1 saturated heterocycles. The van der Waals surface area contributed by atoms with Gasteiger partial charge >= 0.3 is 12.1 Å². The Balaban J connectivity index is 0.000000318. The van der Waals surface area contributed by atoms with Crippen LogP contribution in [0.15, 0.2) is 18.3 Å². The van der Waals surface area contributed by atoms with E-state index in [1.165, 1.54) is 44.3 Å². The molecule has 0 spiro atoms. The van der Waals surface area contributed by atoms with Gasteiger partial charge in [-0.05, 0) is 56.1 Å². The molecule has 1 aromatic heterocycles. The van der Waals surface area contributed by atoms with E-state index < -0.39 is 12.1 Å². The molecule has 3 aliphatic rings. The summed E-state index contributed by atoms with van der Waals surface area (Å²) in [6.07, 6.45) is 3.49. The summed E-state index contributed by atoms with van der Waals surface area (Å²) in [4.78, 5) is 11.6. The van der Waals surface area contributed by atoms with Crippen molar-refractivity contribution in [3.05, 3.63) is 24.0 Å². The van der Waals surface area contributed by atoms with E-state index in [4.69, 9.17) is 19.4 Å². The third-order valence-corrected chi connectivity index (χ3v) is 5.91. The fourth-order valence-corrected chi connectivity index (χ4v) is 4.01. The van der Waals surface area contributed by atoms with Gasteiger partial charge in [-0.15, -0.1) is 0 Å². The van der Waals surface area contributed by atoms with E-state index in [0.717, 1.165) is 45.4 Å². The van der Waals surface area contributed by atoms with Crippen LogP contribution in [0.5, 0.6) is 0 Å². The van der Waals surface area contributed by atoms with Crippen molar-refractivity contribution in [3.8, 4) is 0 Å². The molecular weight excluding hydrogens is 401 g/mol. The Morgan fingerprint density at radius 3 is 2.50 bits per heavy atom. The molecule has 2 aliphatic heterocycles. The van der Waals surface area contributed by atoms with E-state index in [1.807, 2.05) is 0 Å². The van der Waals surface area contributed by atoms with Crippen LogP contribution in [0, 0.1) is 11.8 Å². The van der Waals surface area contributed by atoms with Gasteiger partial charge in [-0.3, -0.25) is 4.90 Å². The van der Waals surface area contributed by atoms with Crippen LogP contribution in [0.3, 0.4) is 0 Å². The summed E-state index contributed by atoms with van der Waals surface area (Å²) in [5.74, 6) is -1.18. The predicted molar refractivity (Wildman–Crippen MR) is 104 cm³/mol. The number of aliphatic carboxylic acids is 1. The molecular formula is C21H31F3N2O4. The molecule has 1 saturated carbocycles. The molecule has 1 N–H and O–H groups in total. The second kappa shape index (κ2) is 10.6. The molecule has 6 nitrogen and oxygen atoms in total. The summed E-state index contributed by atoms with van der Waals surface area (Å²) in [6.45, 7) is 7.23. The number of rotatable bonds is 6. The largest absolute Gasteiger partial charge is 0.490 e. The van der Waals surface area contributed by atoms with Crippen molar-refractivity contribution in [1.82, 2.24) is 9.47 Å². The molecule has 4 rings (SSSR count). The number of aromatic nitrogens is 1. The van der Waals surface area contributed by atoms with Gasteiger partial charge in [0.25, 0.3) is 0 Å². The second-order valence-corrected chi connectivity index (χ2v) is 8.40. The third-order valence-electron chi connectivity index (χ3n) is 5.91. The zero-order valence-corrected chi connectivity index (χ0v) is 17.1. The fourth-order valence-electron chi connectivity index (χ4n) is 4.01. The van der Waals surface area contributed by atoms with Crippen LogP contribution in [0.4, 0.5) is 13.2 Å². The highest BCUT2D eigenvalue weighted by Gasteiger charge is 2.38. The number of alkyl halides is 3. The van der Waals surface area contributed by atoms with E-state index in [2.05, 4.69) is 27.8 Å². The minimum Gasteiger partial charge on any atom is -0.475 e. The predicted octanol–water partition coefficient (Wildman–Crippen LogP) is 3.55. The van der Waals surface area contributed by atoms with E-state index in [-0.39, 0.29) is 0 Å². The molecule has 0 aromatic carbocycles. The standard InChI is InChI=1S/C19H30N2O2.C2HF3O2/c1-2-19-14-21(18-6-10-22-11-7-18)13-17(12-20(19)8-1)5-9-23-15-16-3-4-16;3-2(4,5)1(6)7/h1-2,8,16-18H,3-7,9-15H2;(H,6,7). The van der Waals surface area contributed by atoms with Crippen molar-refractivity contribution in [3.63, 3.8) is 0 Å². The average molecular weight is 432 g/mol. The third kappa shape index (κ3) is 7.28. The van der Waals surface area contributed by atoms with Crippen LogP contribution in [0.25, 0.3) is 0 Å². The number of carbonyl (C=O) groups is 1. The highest BCUT2D eigenvalue weighted by Crippen LogP contribution is 2.29. The van der Waals surface area contributed by atoms with Crippen molar-refractivity contribution >= 4 is 5.97 Å². The number of carboxylic acids is 1. The van der Waals surface area contributed by atoms with Crippen molar-refractivity contribution in [2.24, 2.45) is 11.8 Å². The molecule has 3 heterocycles. The van der Waals surface area contributed by atoms with Crippen molar-refractivity contribution in [1.29, 1.82) is 0 Å². The SMILES string of the molecule is O=C(O)C(F)(F)F.c1cc2n(c1)CC(CCOCC1CC1)CN(C1CCOCC1)C2.